The summed E-state index contributed by atoms with van der Waals surface area (Å²) in [6.07, 6.45) is 2.85. The van der Waals surface area contributed by atoms with Gasteiger partial charge in [-0.15, -0.1) is 0 Å². The van der Waals surface area contributed by atoms with Crippen LogP contribution in [0.2, 0.25) is 0 Å². The fourth-order valence-electron chi connectivity index (χ4n) is 2.46. The largest absolute Gasteiger partial charge is 0.378 e. The Kier molecular flexibility index (Phi) is 3.59. The number of nitrogens with zero attached hydrogens (tertiary/aromatic N) is 4. The van der Waals surface area contributed by atoms with E-state index in [1.54, 1.807) is 6.33 Å². The van der Waals surface area contributed by atoms with E-state index in [0.717, 1.165) is 51.0 Å². The highest BCUT2D eigenvalue weighted by atomic mass is 16.5. The first-order chi connectivity index (χ1) is 9.33. The minimum absolute atomic E-state index is 0.346. The smallest absolute Gasteiger partial charge is 0.136 e. The molecule has 6 nitrogen and oxygen atoms in total. The molecule has 0 N–H and O–H groups in total. The van der Waals surface area contributed by atoms with Crippen LogP contribution in [0.4, 0.5) is 11.6 Å². The van der Waals surface area contributed by atoms with Crippen molar-refractivity contribution >= 4 is 17.4 Å². The number of ether oxygens (including phenoxy) is 1. The molecule has 6 heteroatoms. The van der Waals surface area contributed by atoms with Gasteiger partial charge < -0.3 is 14.5 Å². The van der Waals surface area contributed by atoms with Gasteiger partial charge in [0.05, 0.1) is 13.2 Å². The second-order valence-corrected chi connectivity index (χ2v) is 4.86. The summed E-state index contributed by atoms with van der Waals surface area (Å²) in [5, 5.41) is 0. The summed E-state index contributed by atoms with van der Waals surface area (Å²) >= 11 is 0. The molecule has 1 aromatic heterocycles. The van der Waals surface area contributed by atoms with Gasteiger partial charge in [-0.05, 0) is 0 Å². The van der Waals surface area contributed by atoms with Crippen LogP contribution >= 0.6 is 0 Å². The van der Waals surface area contributed by atoms with E-state index in [1.165, 1.54) is 0 Å². The van der Waals surface area contributed by atoms with Crippen LogP contribution in [0.1, 0.15) is 12.8 Å². The monoisotopic (exact) mass is 262 g/mol. The van der Waals surface area contributed by atoms with Crippen LogP contribution in [0, 0.1) is 0 Å². The van der Waals surface area contributed by atoms with E-state index in [1.807, 2.05) is 6.07 Å². The van der Waals surface area contributed by atoms with Gasteiger partial charge in [0, 0.05) is 45.1 Å². The number of hydrogen-bond donors (Lipinski definition) is 0. The van der Waals surface area contributed by atoms with Crippen molar-refractivity contribution in [2.24, 2.45) is 0 Å². The lowest BCUT2D eigenvalue weighted by molar-refractivity contribution is -0.119. The third kappa shape index (κ3) is 2.84. The van der Waals surface area contributed by atoms with Gasteiger partial charge in [0.15, 0.2) is 0 Å². The molecule has 0 radical (unpaired) electrons. The number of aromatic nitrogens is 2. The number of Topliss-reactive ketones (excluding diaryl/α,β-unsaturated/α-hetero) is 1. The highest BCUT2D eigenvalue weighted by Crippen LogP contribution is 2.20. The van der Waals surface area contributed by atoms with E-state index in [0.29, 0.717) is 18.6 Å². The van der Waals surface area contributed by atoms with Gasteiger partial charge >= 0.3 is 0 Å². The Labute approximate surface area is 112 Å². The molecule has 102 valence electrons. The molecule has 19 heavy (non-hydrogen) atoms. The second-order valence-electron chi connectivity index (χ2n) is 4.86. The summed E-state index contributed by atoms with van der Waals surface area (Å²) in [4.78, 5) is 24.3. The van der Waals surface area contributed by atoms with Gasteiger partial charge in [0.1, 0.15) is 23.7 Å². The molecular weight excluding hydrogens is 244 g/mol. The lowest BCUT2D eigenvalue weighted by Gasteiger charge is -2.30. The van der Waals surface area contributed by atoms with Crippen molar-refractivity contribution in [3.05, 3.63) is 12.4 Å². The van der Waals surface area contributed by atoms with Crippen molar-refractivity contribution in [2.75, 3.05) is 49.2 Å². The first-order valence-electron chi connectivity index (χ1n) is 6.74. The number of piperidine rings is 1. The first kappa shape index (κ1) is 12.3. The fourth-order valence-corrected chi connectivity index (χ4v) is 2.46. The molecular formula is C13H18N4O2. The van der Waals surface area contributed by atoms with Crippen molar-refractivity contribution in [2.45, 2.75) is 12.8 Å². The molecule has 0 saturated carbocycles. The van der Waals surface area contributed by atoms with Crippen LogP contribution in [0.25, 0.3) is 0 Å². The number of morpholine rings is 1. The van der Waals surface area contributed by atoms with E-state index in [9.17, 15) is 4.79 Å². The molecule has 3 rings (SSSR count). The van der Waals surface area contributed by atoms with E-state index >= 15 is 0 Å². The molecule has 0 spiro atoms. The molecule has 0 bridgehead atoms. The molecule has 1 aromatic rings. The number of ketones is 1. The van der Waals surface area contributed by atoms with E-state index < -0.39 is 0 Å². The molecule has 0 unspecified atom stereocenters. The SMILES string of the molecule is O=C1CCN(c2cc(N3CCOCC3)ncn2)CC1. The zero-order valence-corrected chi connectivity index (χ0v) is 10.9. The summed E-state index contributed by atoms with van der Waals surface area (Å²) in [7, 11) is 0. The highest BCUT2D eigenvalue weighted by Gasteiger charge is 2.19. The molecule has 2 aliphatic heterocycles. The minimum atomic E-state index is 0.346. The Hall–Kier alpha value is -1.69. The zero-order chi connectivity index (χ0) is 13.1. The van der Waals surface area contributed by atoms with Crippen molar-refractivity contribution in [3.63, 3.8) is 0 Å². The molecule has 2 fully saturated rings. The summed E-state index contributed by atoms with van der Waals surface area (Å²) < 4.78 is 5.35. The Morgan fingerprint density at radius 2 is 1.53 bits per heavy atom. The average molecular weight is 262 g/mol. The maximum atomic E-state index is 11.3. The predicted octanol–water partition coefficient (Wildman–Crippen LogP) is 0.482. The molecule has 0 amide bonds. The predicted molar refractivity (Wildman–Crippen MR) is 71.5 cm³/mol. The van der Waals surface area contributed by atoms with Crippen LogP contribution in [0.3, 0.4) is 0 Å². The van der Waals surface area contributed by atoms with Gasteiger partial charge in [-0.25, -0.2) is 9.97 Å². The Morgan fingerprint density at radius 3 is 2.16 bits per heavy atom. The minimum Gasteiger partial charge on any atom is -0.378 e. The highest BCUT2D eigenvalue weighted by molar-refractivity contribution is 5.80. The fraction of sp³-hybridized carbons (Fsp3) is 0.615. The number of carbonyl (C=O) groups is 1. The van der Waals surface area contributed by atoms with E-state index in [4.69, 9.17) is 4.74 Å². The van der Waals surface area contributed by atoms with Crippen LogP contribution in [0.15, 0.2) is 12.4 Å². The molecule has 0 atom stereocenters. The van der Waals surface area contributed by atoms with Crippen molar-refractivity contribution < 1.29 is 9.53 Å². The Bertz CT molecular complexity index is 450. The topological polar surface area (TPSA) is 58.6 Å². The molecule has 2 saturated heterocycles. The van der Waals surface area contributed by atoms with Gasteiger partial charge in [0.25, 0.3) is 0 Å². The van der Waals surface area contributed by atoms with Gasteiger partial charge in [0.2, 0.25) is 0 Å². The van der Waals surface area contributed by atoms with Crippen molar-refractivity contribution in [3.8, 4) is 0 Å². The summed E-state index contributed by atoms with van der Waals surface area (Å²) in [5.74, 6) is 2.22. The number of rotatable bonds is 2. The lowest BCUT2D eigenvalue weighted by Crippen LogP contribution is -2.37. The average Bonchev–Trinajstić information content (AvgIpc) is 2.49. The van der Waals surface area contributed by atoms with E-state index in [2.05, 4.69) is 19.8 Å². The second kappa shape index (κ2) is 5.52. The maximum absolute atomic E-state index is 11.3. The standard InChI is InChI=1S/C13H18N4O2/c18-11-1-3-16(4-2-11)12-9-13(15-10-14-12)17-5-7-19-8-6-17/h9-10H,1-8H2. The lowest BCUT2D eigenvalue weighted by atomic mass is 10.1. The molecule has 3 heterocycles. The molecule has 0 aliphatic carbocycles. The Morgan fingerprint density at radius 1 is 0.947 bits per heavy atom. The van der Waals surface area contributed by atoms with Crippen LogP contribution < -0.4 is 9.80 Å². The zero-order valence-electron chi connectivity index (χ0n) is 10.9. The summed E-state index contributed by atoms with van der Waals surface area (Å²) in [6.45, 7) is 4.76. The third-order valence-corrected chi connectivity index (χ3v) is 3.62. The van der Waals surface area contributed by atoms with Crippen LogP contribution in [-0.2, 0) is 9.53 Å². The van der Waals surface area contributed by atoms with Gasteiger partial charge in [-0.2, -0.15) is 0 Å². The maximum Gasteiger partial charge on any atom is 0.136 e. The van der Waals surface area contributed by atoms with Crippen LogP contribution in [0.5, 0.6) is 0 Å². The summed E-state index contributed by atoms with van der Waals surface area (Å²) in [5.41, 5.74) is 0. The first-order valence-corrected chi connectivity index (χ1v) is 6.74. The van der Waals surface area contributed by atoms with Crippen LogP contribution in [-0.4, -0.2) is 55.1 Å². The van der Waals surface area contributed by atoms with Gasteiger partial charge in [-0.1, -0.05) is 0 Å². The normalized spacial score (nSPS) is 20.7. The summed E-state index contributed by atoms with van der Waals surface area (Å²) in [6, 6.07) is 2.01. The molecule has 0 aromatic carbocycles. The number of carbonyl (C=O) groups excluding carboxylic acids is 1. The molecule has 2 aliphatic rings. The quantitative estimate of drug-likeness (QED) is 0.773. The van der Waals surface area contributed by atoms with E-state index in [-0.39, 0.29) is 0 Å². The number of anilines is 2. The van der Waals surface area contributed by atoms with Crippen molar-refractivity contribution in [1.29, 1.82) is 0 Å². The van der Waals surface area contributed by atoms with Crippen molar-refractivity contribution in [1.82, 2.24) is 9.97 Å². The number of hydrogen-bond acceptors (Lipinski definition) is 6. The van der Waals surface area contributed by atoms with Gasteiger partial charge in [-0.3, -0.25) is 4.79 Å². The Balaban J connectivity index is 1.73. The third-order valence-electron chi connectivity index (χ3n) is 3.62.